The van der Waals surface area contributed by atoms with E-state index in [1.54, 1.807) is 12.4 Å². The average molecular weight is 281 g/mol. The van der Waals surface area contributed by atoms with Gasteiger partial charge >= 0.3 is 0 Å². The number of nitrogens with one attached hydrogen (secondary N) is 2. The smallest absolute Gasteiger partial charge is 0.243 e. The molecule has 0 fully saturated rings. The normalized spacial score (nSPS) is 11.2. The monoisotopic (exact) mass is 281 g/mol. The Balaban J connectivity index is 1.61. The molecule has 104 valence electrons. The van der Waals surface area contributed by atoms with Crippen molar-refractivity contribution in [1.29, 1.82) is 0 Å². The van der Waals surface area contributed by atoms with Crippen LogP contribution < -0.4 is 4.74 Å². The summed E-state index contributed by atoms with van der Waals surface area (Å²) in [5.74, 6) is 0.618. The van der Waals surface area contributed by atoms with Crippen LogP contribution in [0.2, 0.25) is 0 Å². The number of aromatic hydroxyl groups is 1. The van der Waals surface area contributed by atoms with Crippen LogP contribution in [-0.4, -0.2) is 30.0 Å². The summed E-state index contributed by atoms with van der Waals surface area (Å²) < 4.78 is 5.72. The van der Waals surface area contributed by atoms with E-state index in [0.29, 0.717) is 23.7 Å². The summed E-state index contributed by atoms with van der Waals surface area (Å²) in [6.07, 6.45) is 2.98. The number of nitrogens with zero attached hydrogens (tertiary/aromatic N) is 3. The molecule has 0 unspecified atom stereocenters. The van der Waals surface area contributed by atoms with Gasteiger partial charge in [0.2, 0.25) is 5.88 Å². The number of rotatable bonds is 3. The third-order valence-corrected chi connectivity index (χ3v) is 3.23. The lowest BCUT2D eigenvalue weighted by Gasteiger charge is -2.05. The lowest BCUT2D eigenvalue weighted by atomic mass is 10.2. The molecule has 1 aromatic carbocycles. The Hall–Kier alpha value is -3.09. The quantitative estimate of drug-likeness (QED) is 0.534. The van der Waals surface area contributed by atoms with Crippen LogP contribution in [0.1, 0.15) is 5.56 Å². The molecule has 3 heterocycles. The van der Waals surface area contributed by atoms with Crippen LogP contribution in [0.3, 0.4) is 0 Å². The number of benzene rings is 1. The highest BCUT2D eigenvalue weighted by atomic mass is 16.5. The van der Waals surface area contributed by atoms with Crippen LogP contribution in [0.4, 0.5) is 0 Å². The van der Waals surface area contributed by atoms with Gasteiger partial charge in [-0.15, -0.1) is 0 Å². The molecule has 0 aliphatic rings. The summed E-state index contributed by atoms with van der Waals surface area (Å²) in [4.78, 5) is 18.0. The Morgan fingerprint density at radius 3 is 3.05 bits per heavy atom. The standard InChI is InChI=1S/C14H11N5O2/c20-11-4-9-3-8(1-2-10(9)19-11)5-21-14-12-13(16-6-15-12)17-7-18-14/h1-4,6-7,19-20H,5H2,(H,15,16,17,18). The third kappa shape index (κ3) is 2.04. The molecule has 0 radical (unpaired) electrons. The van der Waals surface area contributed by atoms with Crippen LogP contribution in [0.25, 0.3) is 22.1 Å². The second-order valence-electron chi connectivity index (χ2n) is 4.64. The molecule has 4 rings (SSSR count). The number of aromatic nitrogens is 5. The number of aromatic amines is 2. The number of imidazole rings is 1. The van der Waals surface area contributed by atoms with Crippen molar-refractivity contribution in [2.75, 3.05) is 0 Å². The lowest BCUT2D eigenvalue weighted by Crippen LogP contribution is -1.98. The van der Waals surface area contributed by atoms with E-state index >= 15 is 0 Å². The molecule has 21 heavy (non-hydrogen) atoms. The van der Waals surface area contributed by atoms with E-state index in [1.165, 1.54) is 6.33 Å². The molecule has 0 atom stereocenters. The zero-order valence-electron chi connectivity index (χ0n) is 10.9. The van der Waals surface area contributed by atoms with Crippen molar-refractivity contribution >= 4 is 22.1 Å². The van der Waals surface area contributed by atoms with Gasteiger partial charge in [-0.1, -0.05) is 6.07 Å². The molecule has 0 aliphatic heterocycles. The first-order chi connectivity index (χ1) is 10.3. The highest BCUT2D eigenvalue weighted by Crippen LogP contribution is 2.22. The van der Waals surface area contributed by atoms with Crippen LogP contribution >= 0.6 is 0 Å². The Bertz CT molecular complexity index is 927. The van der Waals surface area contributed by atoms with Crippen molar-refractivity contribution in [3.8, 4) is 11.8 Å². The Kier molecular flexibility index (Phi) is 2.50. The van der Waals surface area contributed by atoms with Crippen LogP contribution in [0.5, 0.6) is 11.8 Å². The van der Waals surface area contributed by atoms with Crippen molar-refractivity contribution < 1.29 is 9.84 Å². The van der Waals surface area contributed by atoms with Crippen LogP contribution in [0, 0.1) is 0 Å². The molecule has 0 amide bonds. The maximum Gasteiger partial charge on any atom is 0.243 e. The molecule has 0 saturated carbocycles. The third-order valence-electron chi connectivity index (χ3n) is 3.23. The maximum absolute atomic E-state index is 9.43. The molecular weight excluding hydrogens is 270 g/mol. The first-order valence-electron chi connectivity index (χ1n) is 6.37. The van der Waals surface area contributed by atoms with Gasteiger partial charge in [-0.3, -0.25) is 0 Å². The SMILES string of the molecule is Oc1cc2cc(COc3ncnc4nc[nH]c34)ccc2[nH]1. The topological polar surface area (TPSA) is 99.7 Å². The zero-order valence-corrected chi connectivity index (χ0v) is 10.9. The highest BCUT2D eigenvalue weighted by molar-refractivity contribution is 5.82. The number of fused-ring (bicyclic) bond motifs is 2. The first kappa shape index (κ1) is 11.7. The van der Waals surface area contributed by atoms with Crippen molar-refractivity contribution in [3.63, 3.8) is 0 Å². The number of ether oxygens (including phenoxy) is 1. The van der Waals surface area contributed by atoms with Gasteiger partial charge in [0.15, 0.2) is 11.5 Å². The molecule has 3 N–H and O–H groups in total. The van der Waals surface area contributed by atoms with Gasteiger partial charge in [0.05, 0.1) is 6.33 Å². The average Bonchev–Trinajstić information content (AvgIpc) is 3.09. The maximum atomic E-state index is 9.43. The predicted octanol–water partition coefficient (Wildman–Crippen LogP) is 2.12. The second-order valence-corrected chi connectivity index (χ2v) is 4.64. The molecule has 0 bridgehead atoms. The molecule has 0 spiro atoms. The van der Waals surface area contributed by atoms with E-state index in [1.807, 2.05) is 18.2 Å². The van der Waals surface area contributed by atoms with E-state index in [-0.39, 0.29) is 5.88 Å². The van der Waals surface area contributed by atoms with Crippen LogP contribution in [0.15, 0.2) is 36.9 Å². The van der Waals surface area contributed by atoms with E-state index < -0.39 is 0 Å². The summed E-state index contributed by atoms with van der Waals surface area (Å²) in [6, 6.07) is 7.47. The first-order valence-corrected chi connectivity index (χ1v) is 6.37. The second kappa shape index (κ2) is 4.48. The van der Waals surface area contributed by atoms with Gasteiger partial charge in [-0.25, -0.2) is 9.97 Å². The predicted molar refractivity (Wildman–Crippen MR) is 76.0 cm³/mol. The molecule has 4 aromatic rings. The largest absolute Gasteiger partial charge is 0.495 e. The summed E-state index contributed by atoms with van der Waals surface area (Å²) >= 11 is 0. The molecule has 0 saturated heterocycles. The van der Waals surface area contributed by atoms with Gasteiger partial charge in [0, 0.05) is 17.0 Å². The lowest BCUT2D eigenvalue weighted by molar-refractivity contribution is 0.297. The fraction of sp³-hybridized carbons (Fsp3) is 0.0714. The summed E-state index contributed by atoms with van der Waals surface area (Å²) in [6.45, 7) is 0.368. The van der Waals surface area contributed by atoms with Crippen molar-refractivity contribution in [2.24, 2.45) is 0 Å². The van der Waals surface area contributed by atoms with E-state index in [4.69, 9.17) is 4.74 Å². The van der Waals surface area contributed by atoms with E-state index in [0.717, 1.165) is 16.5 Å². The van der Waals surface area contributed by atoms with E-state index in [2.05, 4.69) is 24.9 Å². The summed E-state index contributed by atoms with van der Waals surface area (Å²) in [5.41, 5.74) is 3.12. The number of hydrogen-bond acceptors (Lipinski definition) is 5. The number of H-pyrrole nitrogens is 2. The molecule has 0 aliphatic carbocycles. The Labute approximate surface area is 118 Å². The molecular formula is C14H11N5O2. The summed E-state index contributed by atoms with van der Waals surface area (Å²) in [7, 11) is 0. The van der Waals surface area contributed by atoms with Crippen LogP contribution in [-0.2, 0) is 6.61 Å². The number of hydrogen-bond donors (Lipinski definition) is 3. The summed E-state index contributed by atoms with van der Waals surface area (Å²) in [5, 5.41) is 10.4. The van der Waals surface area contributed by atoms with E-state index in [9.17, 15) is 5.11 Å². The van der Waals surface area contributed by atoms with Crippen molar-refractivity contribution in [1.82, 2.24) is 24.9 Å². The molecule has 3 aromatic heterocycles. The van der Waals surface area contributed by atoms with Gasteiger partial charge in [0.1, 0.15) is 18.5 Å². The fourth-order valence-electron chi connectivity index (χ4n) is 2.26. The molecule has 7 nitrogen and oxygen atoms in total. The van der Waals surface area contributed by atoms with Crippen molar-refractivity contribution in [2.45, 2.75) is 6.61 Å². The zero-order chi connectivity index (χ0) is 14.2. The minimum absolute atomic E-state index is 0.151. The van der Waals surface area contributed by atoms with Gasteiger partial charge in [-0.2, -0.15) is 4.98 Å². The fourth-order valence-corrected chi connectivity index (χ4v) is 2.26. The van der Waals surface area contributed by atoms with Gasteiger partial charge < -0.3 is 19.8 Å². The Morgan fingerprint density at radius 1 is 1.14 bits per heavy atom. The van der Waals surface area contributed by atoms with Gasteiger partial charge in [-0.05, 0) is 17.7 Å². The van der Waals surface area contributed by atoms with Gasteiger partial charge in [0.25, 0.3) is 0 Å². The minimum Gasteiger partial charge on any atom is -0.495 e. The minimum atomic E-state index is 0.151. The molecule has 7 heteroatoms. The van der Waals surface area contributed by atoms with Crippen molar-refractivity contribution in [3.05, 3.63) is 42.5 Å². The highest BCUT2D eigenvalue weighted by Gasteiger charge is 2.07. The Morgan fingerprint density at radius 2 is 2.10 bits per heavy atom.